The standard InChI is InChI=1S/C16H22N4O2.2ClH/c1-20-13-5-3-2-4-12(13)19-14(20)10-18-15(21)16(11-17)6-8-22-9-7-16;;/h2-5H,6-11,17H2,1H3,(H,18,21);2*1H. The van der Waals surface area contributed by atoms with Crippen LogP contribution < -0.4 is 11.1 Å². The molecule has 0 saturated carbocycles. The second kappa shape index (κ2) is 8.67. The maximum atomic E-state index is 12.6. The first-order valence-corrected chi connectivity index (χ1v) is 7.63. The number of rotatable bonds is 4. The SMILES string of the molecule is Cl.Cl.Cn1c(CNC(=O)C2(CN)CCOCC2)nc2ccccc21. The Kier molecular flexibility index (Phi) is 7.48. The smallest absolute Gasteiger partial charge is 0.228 e. The minimum Gasteiger partial charge on any atom is -0.381 e. The predicted octanol–water partition coefficient (Wildman–Crippen LogP) is 1.79. The Morgan fingerprint density at radius 3 is 2.62 bits per heavy atom. The lowest BCUT2D eigenvalue weighted by atomic mass is 9.79. The molecule has 6 nitrogen and oxygen atoms in total. The zero-order chi connectivity index (χ0) is 15.6. The molecule has 1 aliphatic heterocycles. The highest BCUT2D eigenvalue weighted by Gasteiger charge is 2.38. The molecule has 1 aliphatic rings. The van der Waals surface area contributed by atoms with Crippen LogP contribution in [0.3, 0.4) is 0 Å². The number of nitrogens with zero attached hydrogens (tertiary/aromatic N) is 2. The molecule has 2 heterocycles. The zero-order valence-corrected chi connectivity index (χ0v) is 15.3. The molecule has 24 heavy (non-hydrogen) atoms. The normalized spacial score (nSPS) is 16.1. The Morgan fingerprint density at radius 1 is 1.33 bits per heavy atom. The third kappa shape index (κ3) is 3.83. The van der Waals surface area contributed by atoms with Crippen LogP contribution in [0.2, 0.25) is 0 Å². The van der Waals surface area contributed by atoms with E-state index in [9.17, 15) is 4.79 Å². The van der Waals surface area contributed by atoms with E-state index in [2.05, 4.69) is 10.3 Å². The van der Waals surface area contributed by atoms with Gasteiger partial charge in [-0.15, -0.1) is 24.8 Å². The molecule has 2 aromatic rings. The molecule has 0 radical (unpaired) electrons. The average Bonchev–Trinajstić information content (AvgIpc) is 2.90. The van der Waals surface area contributed by atoms with Crippen molar-refractivity contribution >= 4 is 41.8 Å². The van der Waals surface area contributed by atoms with Crippen molar-refractivity contribution in [3.63, 3.8) is 0 Å². The van der Waals surface area contributed by atoms with Crippen LogP contribution in [-0.2, 0) is 23.1 Å². The Balaban J connectivity index is 0.00000144. The Morgan fingerprint density at radius 2 is 2.00 bits per heavy atom. The fourth-order valence-corrected chi connectivity index (χ4v) is 2.99. The van der Waals surface area contributed by atoms with Crippen LogP contribution in [0.5, 0.6) is 0 Å². The van der Waals surface area contributed by atoms with Crippen molar-refractivity contribution in [1.82, 2.24) is 14.9 Å². The van der Waals surface area contributed by atoms with Crippen LogP contribution in [0.4, 0.5) is 0 Å². The first-order valence-electron chi connectivity index (χ1n) is 7.63. The third-order valence-corrected chi connectivity index (χ3v) is 4.61. The molecule has 0 unspecified atom stereocenters. The second-order valence-corrected chi connectivity index (χ2v) is 5.86. The number of carbonyl (C=O) groups excluding carboxylic acids is 1. The van der Waals surface area contributed by atoms with Crippen molar-refractivity contribution in [2.75, 3.05) is 19.8 Å². The van der Waals surface area contributed by atoms with Crippen molar-refractivity contribution in [2.24, 2.45) is 18.2 Å². The van der Waals surface area contributed by atoms with Gasteiger partial charge in [0.15, 0.2) is 0 Å². The summed E-state index contributed by atoms with van der Waals surface area (Å²) in [6, 6.07) is 7.94. The van der Waals surface area contributed by atoms with Gasteiger partial charge in [-0.2, -0.15) is 0 Å². The number of imidazole rings is 1. The van der Waals surface area contributed by atoms with Gasteiger partial charge in [-0.05, 0) is 25.0 Å². The van der Waals surface area contributed by atoms with E-state index < -0.39 is 5.41 Å². The van der Waals surface area contributed by atoms with Crippen LogP contribution in [0.1, 0.15) is 18.7 Å². The van der Waals surface area contributed by atoms with Gasteiger partial charge in [0, 0.05) is 26.8 Å². The van der Waals surface area contributed by atoms with Gasteiger partial charge < -0.3 is 20.4 Å². The number of carbonyl (C=O) groups is 1. The highest BCUT2D eigenvalue weighted by Crippen LogP contribution is 2.29. The number of hydrogen-bond acceptors (Lipinski definition) is 4. The van der Waals surface area contributed by atoms with Crippen molar-refractivity contribution in [2.45, 2.75) is 19.4 Å². The summed E-state index contributed by atoms with van der Waals surface area (Å²) in [5, 5.41) is 3.00. The van der Waals surface area contributed by atoms with E-state index in [0.29, 0.717) is 39.1 Å². The van der Waals surface area contributed by atoms with Gasteiger partial charge in [0.25, 0.3) is 0 Å². The zero-order valence-electron chi connectivity index (χ0n) is 13.7. The van der Waals surface area contributed by atoms with Crippen molar-refractivity contribution in [3.8, 4) is 0 Å². The number of aromatic nitrogens is 2. The van der Waals surface area contributed by atoms with Crippen LogP contribution in [0, 0.1) is 5.41 Å². The fourth-order valence-electron chi connectivity index (χ4n) is 2.99. The monoisotopic (exact) mass is 374 g/mol. The predicted molar refractivity (Wildman–Crippen MR) is 98.6 cm³/mol. The molecular weight excluding hydrogens is 351 g/mol. The second-order valence-electron chi connectivity index (χ2n) is 5.86. The van der Waals surface area contributed by atoms with Crippen molar-refractivity contribution < 1.29 is 9.53 Å². The molecule has 134 valence electrons. The van der Waals surface area contributed by atoms with Crippen LogP contribution >= 0.6 is 24.8 Å². The van der Waals surface area contributed by atoms with Gasteiger partial charge in [0.05, 0.1) is 23.0 Å². The number of aryl methyl sites for hydroxylation is 1. The van der Waals surface area contributed by atoms with Crippen LogP contribution in [0.15, 0.2) is 24.3 Å². The molecule has 1 saturated heterocycles. The Bertz CT molecular complexity index is 684. The lowest BCUT2D eigenvalue weighted by Crippen LogP contribution is -2.49. The van der Waals surface area contributed by atoms with E-state index in [1.54, 1.807) is 0 Å². The molecule has 0 bridgehead atoms. The van der Waals surface area contributed by atoms with Gasteiger partial charge in [-0.1, -0.05) is 12.1 Å². The van der Waals surface area contributed by atoms with Gasteiger partial charge in [-0.3, -0.25) is 4.79 Å². The summed E-state index contributed by atoms with van der Waals surface area (Å²) < 4.78 is 7.36. The third-order valence-electron chi connectivity index (χ3n) is 4.61. The quantitative estimate of drug-likeness (QED) is 0.854. The van der Waals surface area contributed by atoms with Crippen molar-refractivity contribution in [3.05, 3.63) is 30.1 Å². The molecule has 0 spiro atoms. The summed E-state index contributed by atoms with van der Waals surface area (Å²) in [7, 11) is 1.96. The van der Waals surface area contributed by atoms with Gasteiger partial charge in [-0.25, -0.2) is 4.98 Å². The summed E-state index contributed by atoms with van der Waals surface area (Å²) in [5.74, 6) is 0.846. The summed E-state index contributed by atoms with van der Waals surface area (Å²) in [5.41, 5.74) is 7.37. The van der Waals surface area contributed by atoms with E-state index in [1.165, 1.54) is 0 Å². The number of benzene rings is 1. The first kappa shape index (κ1) is 20.7. The lowest BCUT2D eigenvalue weighted by molar-refractivity contribution is -0.136. The molecule has 1 amide bonds. The first-order chi connectivity index (χ1) is 10.7. The summed E-state index contributed by atoms with van der Waals surface area (Å²) in [4.78, 5) is 17.1. The number of fused-ring (bicyclic) bond motifs is 1. The molecular formula is C16H24Cl2N4O2. The summed E-state index contributed by atoms with van der Waals surface area (Å²) >= 11 is 0. The molecule has 1 aromatic carbocycles. The average molecular weight is 375 g/mol. The van der Waals surface area contributed by atoms with Gasteiger partial charge >= 0.3 is 0 Å². The summed E-state index contributed by atoms with van der Waals surface area (Å²) in [6.45, 7) is 1.95. The van der Waals surface area contributed by atoms with E-state index in [4.69, 9.17) is 10.5 Å². The molecule has 8 heteroatoms. The number of nitrogens with two attached hydrogens (primary N) is 1. The number of halogens is 2. The lowest BCUT2D eigenvalue weighted by Gasteiger charge is -2.34. The maximum Gasteiger partial charge on any atom is 0.228 e. The van der Waals surface area contributed by atoms with Crippen molar-refractivity contribution in [1.29, 1.82) is 0 Å². The van der Waals surface area contributed by atoms with E-state index in [0.717, 1.165) is 16.9 Å². The number of amides is 1. The highest BCUT2D eigenvalue weighted by molar-refractivity contribution is 5.85. The molecule has 0 aliphatic carbocycles. The van der Waals surface area contributed by atoms with Crippen LogP contribution in [0.25, 0.3) is 11.0 Å². The molecule has 1 aromatic heterocycles. The van der Waals surface area contributed by atoms with E-state index in [-0.39, 0.29) is 30.7 Å². The number of nitrogens with one attached hydrogen (secondary N) is 1. The number of para-hydroxylation sites is 2. The molecule has 1 fully saturated rings. The molecule has 3 N–H and O–H groups in total. The largest absolute Gasteiger partial charge is 0.381 e. The van der Waals surface area contributed by atoms with E-state index in [1.807, 2.05) is 35.9 Å². The minimum absolute atomic E-state index is 0. The van der Waals surface area contributed by atoms with Gasteiger partial charge in [0.2, 0.25) is 5.91 Å². The maximum absolute atomic E-state index is 12.6. The van der Waals surface area contributed by atoms with Gasteiger partial charge in [0.1, 0.15) is 5.82 Å². The van der Waals surface area contributed by atoms with E-state index >= 15 is 0 Å². The topological polar surface area (TPSA) is 82.2 Å². The number of ether oxygens (including phenoxy) is 1. The highest BCUT2D eigenvalue weighted by atomic mass is 35.5. The molecule has 3 rings (SSSR count). The summed E-state index contributed by atoms with van der Waals surface area (Å²) in [6.07, 6.45) is 1.36. The minimum atomic E-state index is -0.497. The Labute approximate surface area is 154 Å². The number of hydrogen-bond donors (Lipinski definition) is 2. The molecule has 0 atom stereocenters. The Hall–Kier alpha value is -1.34. The van der Waals surface area contributed by atoms with Crippen LogP contribution in [-0.4, -0.2) is 35.2 Å². The fraction of sp³-hybridized carbons (Fsp3) is 0.500.